The molecule has 5 heteroatoms. The molecule has 0 spiro atoms. The van der Waals surface area contributed by atoms with Gasteiger partial charge in [0, 0.05) is 16.9 Å². The first-order valence-electron chi connectivity index (χ1n) is 8.15. The van der Waals surface area contributed by atoms with Gasteiger partial charge in [-0.2, -0.15) is 0 Å². The predicted octanol–water partition coefficient (Wildman–Crippen LogP) is 4.13. The number of rotatable bonds is 6. The molecule has 2 aromatic rings. The Bertz CT molecular complexity index is 681. The number of benzene rings is 2. The van der Waals surface area contributed by atoms with Crippen LogP contribution in [-0.2, 0) is 6.42 Å². The minimum absolute atomic E-state index is 0.219. The number of amides is 1. The number of aryl methyl sites for hydroxylation is 1. The van der Waals surface area contributed by atoms with Crippen molar-refractivity contribution in [2.45, 2.75) is 32.6 Å². The van der Waals surface area contributed by atoms with Gasteiger partial charge in [-0.15, -0.1) is 0 Å². The van der Waals surface area contributed by atoms with Gasteiger partial charge in [-0.25, -0.2) is 0 Å². The third-order valence-electron chi connectivity index (χ3n) is 3.68. The van der Waals surface area contributed by atoms with E-state index in [1.807, 2.05) is 24.3 Å². The Hall–Kier alpha value is -2.40. The van der Waals surface area contributed by atoms with Gasteiger partial charge in [-0.1, -0.05) is 31.9 Å². The van der Waals surface area contributed by atoms with Gasteiger partial charge in [0.1, 0.15) is 0 Å². The van der Waals surface area contributed by atoms with Crippen molar-refractivity contribution in [1.82, 2.24) is 5.32 Å². The Kier molecular flexibility index (Phi) is 6.75. The van der Waals surface area contributed by atoms with E-state index in [9.17, 15) is 4.79 Å². The maximum Gasteiger partial charge on any atom is 0.257 e. The van der Waals surface area contributed by atoms with Crippen LogP contribution in [0.1, 0.15) is 42.1 Å². The second kappa shape index (κ2) is 9.03. The van der Waals surface area contributed by atoms with Gasteiger partial charge in [0.2, 0.25) is 0 Å². The molecule has 2 aromatic carbocycles. The largest absolute Gasteiger partial charge is 0.399 e. The molecular formula is C19H23N3OS. The van der Waals surface area contributed by atoms with Crippen LogP contribution in [0.5, 0.6) is 0 Å². The molecule has 0 aromatic heterocycles. The van der Waals surface area contributed by atoms with Gasteiger partial charge in [-0.3, -0.25) is 10.1 Å². The lowest BCUT2D eigenvalue weighted by molar-refractivity contribution is 0.0977. The molecule has 0 fully saturated rings. The molecule has 2 rings (SSSR count). The first-order chi connectivity index (χ1) is 11.6. The van der Waals surface area contributed by atoms with Crippen molar-refractivity contribution in [2.24, 2.45) is 0 Å². The molecule has 0 atom stereocenters. The van der Waals surface area contributed by atoms with E-state index in [2.05, 4.69) is 17.6 Å². The van der Waals surface area contributed by atoms with Crippen molar-refractivity contribution in [3.8, 4) is 0 Å². The molecule has 0 heterocycles. The molecule has 24 heavy (non-hydrogen) atoms. The number of nitrogens with one attached hydrogen (secondary N) is 2. The van der Waals surface area contributed by atoms with E-state index in [1.54, 1.807) is 24.3 Å². The monoisotopic (exact) mass is 341 g/mol. The smallest absolute Gasteiger partial charge is 0.257 e. The van der Waals surface area contributed by atoms with E-state index >= 15 is 0 Å². The lowest BCUT2D eigenvalue weighted by atomic mass is 10.1. The van der Waals surface area contributed by atoms with Crippen LogP contribution < -0.4 is 16.4 Å². The molecule has 0 saturated heterocycles. The summed E-state index contributed by atoms with van der Waals surface area (Å²) in [6.45, 7) is 2.19. The number of nitrogen functional groups attached to an aromatic ring is 1. The molecule has 0 saturated carbocycles. The molecule has 0 bridgehead atoms. The maximum absolute atomic E-state index is 12.2. The summed E-state index contributed by atoms with van der Waals surface area (Å²) in [4.78, 5) is 12.2. The third kappa shape index (κ3) is 5.66. The molecule has 0 aliphatic rings. The first-order valence-corrected chi connectivity index (χ1v) is 8.56. The van der Waals surface area contributed by atoms with Crippen molar-refractivity contribution in [3.05, 3.63) is 59.7 Å². The summed E-state index contributed by atoms with van der Waals surface area (Å²) in [5, 5.41) is 5.90. The van der Waals surface area contributed by atoms with E-state index in [0.29, 0.717) is 11.3 Å². The van der Waals surface area contributed by atoms with E-state index in [1.165, 1.54) is 24.8 Å². The summed E-state index contributed by atoms with van der Waals surface area (Å²) in [5.74, 6) is -0.219. The lowest BCUT2D eigenvalue weighted by Gasteiger charge is -2.10. The summed E-state index contributed by atoms with van der Waals surface area (Å²) in [5.41, 5.74) is 8.93. The topological polar surface area (TPSA) is 67.2 Å². The first kappa shape index (κ1) is 17.9. The molecule has 126 valence electrons. The average molecular weight is 341 g/mol. The van der Waals surface area contributed by atoms with Gasteiger partial charge in [0.15, 0.2) is 5.11 Å². The Morgan fingerprint density at radius 1 is 1.04 bits per heavy atom. The maximum atomic E-state index is 12.2. The lowest BCUT2D eigenvalue weighted by Crippen LogP contribution is -2.34. The Balaban J connectivity index is 1.86. The highest BCUT2D eigenvalue weighted by Gasteiger charge is 2.08. The number of nitrogens with two attached hydrogens (primary N) is 1. The summed E-state index contributed by atoms with van der Waals surface area (Å²) in [6, 6.07) is 14.8. The summed E-state index contributed by atoms with van der Waals surface area (Å²) in [6.07, 6.45) is 4.66. The van der Waals surface area contributed by atoms with Crippen LogP contribution in [0.25, 0.3) is 0 Å². The van der Waals surface area contributed by atoms with Crippen LogP contribution in [0.2, 0.25) is 0 Å². The van der Waals surface area contributed by atoms with Gasteiger partial charge in [0.05, 0.1) is 0 Å². The van der Waals surface area contributed by atoms with Crippen molar-refractivity contribution in [2.75, 3.05) is 11.1 Å². The fourth-order valence-electron chi connectivity index (χ4n) is 2.31. The Morgan fingerprint density at radius 2 is 1.71 bits per heavy atom. The number of hydrogen-bond acceptors (Lipinski definition) is 3. The standard InChI is InChI=1S/C19H23N3OS/c1-2-3-4-5-14-6-8-15(9-7-14)18(23)22-19(24)21-17-12-10-16(20)11-13-17/h6-13H,2-5,20H2,1H3,(H2,21,22,23,24). The molecule has 4 N–H and O–H groups in total. The fourth-order valence-corrected chi connectivity index (χ4v) is 2.52. The number of carbonyl (C=O) groups is 1. The Labute approximate surface area is 148 Å². The van der Waals surface area contributed by atoms with E-state index in [0.717, 1.165) is 12.1 Å². The van der Waals surface area contributed by atoms with Gasteiger partial charge in [-0.05, 0) is 67.0 Å². The highest BCUT2D eigenvalue weighted by atomic mass is 32.1. The number of unbranched alkanes of at least 4 members (excludes halogenated alkanes) is 2. The molecule has 1 amide bonds. The predicted molar refractivity (Wildman–Crippen MR) is 104 cm³/mol. The zero-order valence-corrected chi connectivity index (χ0v) is 14.7. The summed E-state index contributed by atoms with van der Waals surface area (Å²) >= 11 is 5.17. The van der Waals surface area contributed by atoms with Crippen LogP contribution >= 0.6 is 12.2 Å². The summed E-state index contributed by atoms with van der Waals surface area (Å²) in [7, 11) is 0. The number of hydrogen-bond donors (Lipinski definition) is 3. The van der Waals surface area contributed by atoms with Crippen molar-refractivity contribution in [3.63, 3.8) is 0 Å². The third-order valence-corrected chi connectivity index (χ3v) is 3.88. The quantitative estimate of drug-likeness (QED) is 0.420. The van der Waals surface area contributed by atoms with E-state index in [4.69, 9.17) is 18.0 Å². The van der Waals surface area contributed by atoms with Crippen molar-refractivity contribution < 1.29 is 4.79 Å². The second-order valence-corrected chi connectivity index (χ2v) is 6.09. The van der Waals surface area contributed by atoms with Crippen LogP contribution in [0.4, 0.5) is 11.4 Å². The zero-order chi connectivity index (χ0) is 17.4. The zero-order valence-electron chi connectivity index (χ0n) is 13.8. The molecule has 0 aliphatic heterocycles. The van der Waals surface area contributed by atoms with Crippen LogP contribution in [0.15, 0.2) is 48.5 Å². The Morgan fingerprint density at radius 3 is 2.33 bits per heavy atom. The highest BCUT2D eigenvalue weighted by Crippen LogP contribution is 2.11. The second-order valence-electron chi connectivity index (χ2n) is 5.68. The van der Waals surface area contributed by atoms with E-state index < -0.39 is 0 Å². The molecular weight excluding hydrogens is 318 g/mol. The molecule has 0 unspecified atom stereocenters. The normalized spacial score (nSPS) is 10.2. The molecule has 4 nitrogen and oxygen atoms in total. The average Bonchev–Trinajstić information content (AvgIpc) is 2.58. The number of carbonyl (C=O) groups excluding carboxylic acids is 1. The minimum atomic E-state index is -0.219. The van der Waals surface area contributed by atoms with Crippen LogP contribution in [0, 0.1) is 0 Å². The van der Waals surface area contributed by atoms with Gasteiger partial charge < -0.3 is 11.1 Å². The van der Waals surface area contributed by atoms with Crippen LogP contribution in [-0.4, -0.2) is 11.0 Å². The number of anilines is 2. The van der Waals surface area contributed by atoms with Gasteiger partial charge in [0.25, 0.3) is 5.91 Å². The fraction of sp³-hybridized carbons (Fsp3) is 0.263. The SMILES string of the molecule is CCCCCc1ccc(C(=O)NC(=S)Nc2ccc(N)cc2)cc1. The van der Waals surface area contributed by atoms with E-state index in [-0.39, 0.29) is 11.0 Å². The highest BCUT2D eigenvalue weighted by molar-refractivity contribution is 7.80. The molecule has 0 radical (unpaired) electrons. The number of thiocarbonyl (C=S) groups is 1. The van der Waals surface area contributed by atoms with Crippen molar-refractivity contribution >= 4 is 34.6 Å². The van der Waals surface area contributed by atoms with Crippen LogP contribution in [0.3, 0.4) is 0 Å². The van der Waals surface area contributed by atoms with Crippen molar-refractivity contribution in [1.29, 1.82) is 0 Å². The molecule has 0 aliphatic carbocycles. The summed E-state index contributed by atoms with van der Waals surface area (Å²) < 4.78 is 0. The van der Waals surface area contributed by atoms with Gasteiger partial charge >= 0.3 is 0 Å². The minimum Gasteiger partial charge on any atom is -0.399 e.